The molecule has 1 amide bonds. The third kappa shape index (κ3) is 6.65. The van der Waals surface area contributed by atoms with Crippen LogP contribution in [0.5, 0.6) is 5.75 Å². The molecular weight excluding hydrogens is 376 g/mol. The van der Waals surface area contributed by atoms with E-state index in [1.54, 1.807) is 29.6 Å². The van der Waals surface area contributed by atoms with E-state index in [0.29, 0.717) is 29.5 Å². The molecule has 1 heterocycles. The van der Waals surface area contributed by atoms with E-state index < -0.39 is 12.0 Å². The van der Waals surface area contributed by atoms with Crippen LogP contribution in [0.1, 0.15) is 31.0 Å². The van der Waals surface area contributed by atoms with Crippen LogP contribution in [0.2, 0.25) is 5.02 Å². The Morgan fingerprint density at radius 3 is 2.62 bits per heavy atom. The Bertz CT molecular complexity index is 746. The third-order valence-corrected chi connectivity index (χ3v) is 4.58. The summed E-state index contributed by atoms with van der Waals surface area (Å²) in [7, 11) is 0. The number of aliphatic carboxylic acids is 1. The summed E-state index contributed by atoms with van der Waals surface area (Å²) in [6.07, 6.45) is 0.428. The molecule has 2 N–H and O–H groups in total. The van der Waals surface area contributed by atoms with Crippen molar-refractivity contribution >= 4 is 34.8 Å². The van der Waals surface area contributed by atoms with Gasteiger partial charge in [-0.1, -0.05) is 25.4 Å². The number of rotatable bonds is 9. The number of ether oxygens (including phenoxy) is 1. The van der Waals surface area contributed by atoms with Gasteiger partial charge in [0.25, 0.3) is 0 Å². The molecule has 1 aromatic heterocycles. The number of amides is 1. The summed E-state index contributed by atoms with van der Waals surface area (Å²) in [6.45, 7) is 4.12. The summed E-state index contributed by atoms with van der Waals surface area (Å²) < 4.78 is 5.62. The lowest BCUT2D eigenvalue weighted by Gasteiger charge is -2.16. The number of hydrogen-bond acceptors (Lipinski definition) is 5. The molecule has 2 aromatic rings. The lowest BCUT2D eigenvalue weighted by molar-refractivity contribution is -0.142. The standard InChI is InChI=1S/C18H21ClN2O4S/c1-11(2)7-15(18(23)24)21-16(22)8-13-10-26-17(20-13)9-25-14-5-3-12(19)4-6-14/h3-6,10-11,15H,7-9H2,1-2H3,(H,21,22)(H,23,24)/t15-/m1/s1. The van der Waals surface area contributed by atoms with Crippen LogP contribution in [0.4, 0.5) is 0 Å². The molecule has 0 aliphatic carbocycles. The van der Waals surface area contributed by atoms with Crippen molar-refractivity contribution in [2.75, 3.05) is 0 Å². The topological polar surface area (TPSA) is 88.5 Å². The zero-order valence-electron chi connectivity index (χ0n) is 14.6. The van der Waals surface area contributed by atoms with Crippen LogP contribution in [0.3, 0.4) is 0 Å². The van der Waals surface area contributed by atoms with Gasteiger partial charge in [0.1, 0.15) is 23.4 Å². The number of hydrogen-bond donors (Lipinski definition) is 2. The SMILES string of the molecule is CC(C)C[C@@H](NC(=O)Cc1csc(COc2ccc(Cl)cc2)n1)C(=O)O. The number of benzene rings is 1. The maximum atomic E-state index is 12.1. The largest absolute Gasteiger partial charge is 0.486 e. The number of nitrogens with zero attached hydrogens (tertiary/aromatic N) is 1. The average molecular weight is 397 g/mol. The number of halogens is 1. The van der Waals surface area contributed by atoms with Gasteiger partial charge in [0.15, 0.2) is 0 Å². The van der Waals surface area contributed by atoms with Crippen LogP contribution >= 0.6 is 22.9 Å². The van der Waals surface area contributed by atoms with E-state index in [1.807, 2.05) is 13.8 Å². The number of carboxylic acids is 1. The molecule has 0 fully saturated rings. The summed E-state index contributed by atoms with van der Waals surface area (Å²) in [5, 5.41) is 14.9. The molecule has 0 aliphatic rings. The van der Waals surface area contributed by atoms with Gasteiger partial charge in [-0.25, -0.2) is 9.78 Å². The van der Waals surface area contributed by atoms with Crippen molar-refractivity contribution in [3.63, 3.8) is 0 Å². The van der Waals surface area contributed by atoms with Crippen LogP contribution in [0.25, 0.3) is 0 Å². The molecule has 0 spiro atoms. The molecular formula is C18H21ClN2O4S. The molecule has 6 nitrogen and oxygen atoms in total. The zero-order valence-corrected chi connectivity index (χ0v) is 16.1. The summed E-state index contributed by atoms with van der Waals surface area (Å²) in [5.74, 6) is -0.523. The fourth-order valence-corrected chi connectivity index (χ4v) is 3.11. The smallest absolute Gasteiger partial charge is 0.326 e. The van der Waals surface area contributed by atoms with E-state index in [4.69, 9.17) is 16.3 Å². The van der Waals surface area contributed by atoms with Gasteiger partial charge in [0, 0.05) is 10.4 Å². The van der Waals surface area contributed by atoms with Crippen molar-refractivity contribution in [2.24, 2.45) is 5.92 Å². The van der Waals surface area contributed by atoms with Crippen LogP contribution in [-0.4, -0.2) is 28.0 Å². The third-order valence-electron chi connectivity index (χ3n) is 3.46. The van der Waals surface area contributed by atoms with Crippen molar-refractivity contribution < 1.29 is 19.4 Å². The van der Waals surface area contributed by atoms with Gasteiger partial charge in [-0.3, -0.25) is 4.79 Å². The number of thiazole rings is 1. The van der Waals surface area contributed by atoms with Crippen LogP contribution < -0.4 is 10.1 Å². The number of carbonyl (C=O) groups excluding carboxylic acids is 1. The maximum absolute atomic E-state index is 12.1. The average Bonchev–Trinajstić information content (AvgIpc) is 3.00. The first-order valence-electron chi connectivity index (χ1n) is 8.17. The Hall–Kier alpha value is -2.12. The summed E-state index contributed by atoms with van der Waals surface area (Å²) in [5.41, 5.74) is 0.593. The lowest BCUT2D eigenvalue weighted by atomic mass is 10.0. The minimum atomic E-state index is -1.03. The first-order valence-corrected chi connectivity index (χ1v) is 9.43. The zero-order chi connectivity index (χ0) is 19.1. The fourth-order valence-electron chi connectivity index (χ4n) is 2.28. The van der Waals surface area contributed by atoms with Gasteiger partial charge in [-0.05, 0) is 36.6 Å². The maximum Gasteiger partial charge on any atom is 0.326 e. The molecule has 26 heavy (non-hydrogen) atoms. The Balaban J connectivity index is 1.85. The summed E-state index contributed by atoms with van der Waals surface area (Å²) in [6, 6.07) is 6.14. The van der Waals surface area contributed by atoms with Gasteiger partial charge in [-0.2, -0.15) is 0 Å². The second-order valence-corrected chi connectivity index (χ2v) is 7.62. The van der Waals surface area contributed by atoms with E-state index in [1.165, 1.54) is 11.3 Å². The summed E-state index contributed by atoms with van der Waals surface area (Å²) >= 11 is 7.21. The van der Waals surface area contributed by atoms with E-state index in [0.717, 1.165) is 5.01 Å². The van der Waals surface area contributed by atoms with Gasteiger partial charge in [0.2, 0.25) is 5.91 Å². The molecule has 140 valence electrons. The van der Waals surface area contributed by atoms with E-state index in [2.05, 4.69) is 10.3 Å². The van der Waals surface area contributed by atoms with Gasteiger partial charge < -0.3 is 15.2 Å². The highest BCUT2D eigenvalue weighted by atomic mass is 35.5. The Morgan fingerprint density at radius 1 is 1.31 bits per heavy atom. The predicted octanol–water partition coefficient (Wildman–Crippen LogP) is 3.53. The molecule has 0 radical (unpaired) electrons. The second-order valence-electron chi connectivity index (χ2n) is 6.24. The van der Waals surface area contributed by atoms with Crippen molar-refractivity contribution in [1.29, 1.82) is 0 Å². The van der Waals surface area contributed by atoms with Crippen molar-refractivity contribution in [2.45, 2.75) is 39.3 Å². The molecule has 0 aliphatic heterocycles. The lowest BCUT2D eigenvalue weighted by Crippen LogP contribution is -2.42. The molecule has 0 unspecified atom stereocenters. The molecule has 0 saturated heterocycles. The van der Waals surface area contributed by atoms with E-state index in [-0.39, 0.29) is 18.2 Å². The molecule has 0 bridgehead atoms. The van der Waals surface area contributed by atoms with Crippen molar-refractivity contribution in [3.05, 3.63) is 45.4 Å². The Labute approximate surface area is 161 Å². The molecule has 1 atom stereocenters. The first-order chi connectivity index (χ1) is 12.3. The molecule has 1 aromatic carbocycles. The van der Waals surface area contributed by atoms with Crippen LogP contribution in [0.15, 0.2) is 29.6 Å². The molecule has 8 heteroatoms. The summed E-state index contributed by atoms with van der Waals surface area (Å²) in [4.78, 5) is 27.6. The minimum absolute atomic E-state index is 0.0410. The second kappa shape index (κ2) is 9.54. The van der Waals surface area contributed by atoms with Gasteiger partial charge in [0.05, 0.1) is 12.1 Å². The first kappa shape index (κ1) is 20.2. The molecule has 2 rings (SSSR count). The van der Waals surface area contributed by atoms with Crippen LogP contribution in [0, 0.1) is 5.92 Å². The highest BCUT2D eigenvalue weighted by Gasteiger charge is 2.21. The Kier molecular flexibility index (Phi) is 7.41. The number of nitrogens with one attached hydrogen (secondary N) is 1. The Morgan fingerprint density at radius 2 is 2.00 bits per heavy atom. The van der Waals surface area contributed by atoms with E-state index >= 15 is 0 Å². The quantitative estimate of drug-likeness (QED) is 0.676. The van der Waals surface area contributed by atoms with Crippen molar-refractivity contribution in [3.8, 4) is 5.75 Å². The monoisotopic (exact) mass is 396 g/mol. The molecule has 0 saturated carbocycles. The van der Waals surface area contributed by atoms with Crippen molar-refractivity contribution in [1.82, 2.24) is 10.3 Å². The van der Waals surface area contributed by atoms with Gasteiger partial charge >= 0.3 is 5.97 Å². The number of carbonyl (C=O) groups is 2. The highest BCUT2D eigenvalue weighted by molar-refractivity contribution is 7.09. The van der Waals surface area contributed by atoms with E-state index in [9.17, 15) is 14.7 Å². The fraction of sp³-hybridized carbons (Fsp3) is 0.389. The number of aromatic nitrogens is 1. The van der Waals surface area contributed by atoms with Gasteiger partial charge in [-0.15, -0.1) is 11.3 Å². The normalized spacial score (nSPS) is 12.0. The van der Waals surface area contributed by atoms with Crippen LogP contribution in [-0.2, 0) is 22.6 Å². The predicted molar refractivity (Wildman–Crippen MR) is 101 cm³/mol. The highest BCUT2D eigenvalue weighted by Crippen LogP contribution is 2.18. The minimum Gasteiger partial charge on any atom is -0.486 e. The number of carboxylic acid groups (broad SMARTS) is 1.